The number of hydrogen-bond acceptors (Lipinski definition) is 10. The van der Waals surface area contributed by atoms with Crippen LogP contribution in [0.1, 0.15) is 44.9 Å². The molecule has 0 bridgehead atoms. The van der Waals surface area contributed by atoms with Crippen molar-refractivity contribution in [3.8, 4) is 28.8 Å². The number of nitriles is 1. The second kappa shape index (κ2) is 13.1. The first-order valence-electron chi connectivity index (χ1n) is 15.1. The highest BCUT2D eigenvalue weighted by molar-refractivity contribution is 5.85. The van der Waals surface area contributed by atoms with E-state index in [1.807, 2.05) is 52.0 Å². The quantitative estimate of drug-likeness (QED) is 0.241. The van der Waals surface area contributed by atoms with Crippen LogP contribution in [0.3, 0.4) is 0 Å². The second-order valence-electron chi connectivity index (χ2n) is 12.1. The van der Waals surface area contributed by atoms with Gasteiger partial charge in [-0.25, -0.2) is 28.4 Å². The fourth-order valence-corrected chi connectivity index (χ4v) is 5.14. The van der Waals surface area contributed by atoms with Gasteiger partial charge >= 0.3 is 6.09 Å². The number of nitrogens with one attached hydrogen (secondary N) is 1. The molecule has 1 N–H and O–H groups in total. The first-order valence-corrected chi connectivity index (χ1v) is 15.1. The lowest BCUT2D eigenvalue weighted by Crippen LogP contribution is -2.49. The van der Waals surface area contributed by atoms with Gasteiger partial charge in [0.25, 0.3) is 0 Å². The maximum Gasteiger partial charge on any atom is 0.410 e. The summed E-state index contributed by atoms with van der Waals surface area (Å²) < 4.78 is 33.8. The first kappa shape index (κ1) is 31.4. The number of rotatable bonds is 8. The number of halogens is 1. The number of hydrogen-bond donors (Lipinski definition) is 1. The van der Waals surface area contributed by atoms with Crippen LogP contribution >= 0.6 is 0 Å². The summed E-state index contributed by atoms with van der Waals surface area (Å²) in [4.78, 5) is 23.2. The molecular weight excluding hydrogens is 605 g/mol. The number of nitrogens with zero attached hydrogens (tertiary/aromatic N) is 8. The smallest absolute Gasteiger partial charge is 0.410 e. The number of morpholine rings is 1. The van der Waals surface area contributed by atoms with Crippen molar-refractivity contribution < 1.29 is 23.4 Å². The van der Waals surface area contributed by atoms with Crippen molar-refractivity contribution >= 4 is 17.4 Å². The second-order valence-corrected chi connectivity index (χ2v) is 12.1. The summed E-state index contributed by atoms with van der Waals surface area (Å²) >= 11 is 0. The predicted octanol–water partition coefficient (Wildman–Crippen LogP) is 5.18. The molecule has 1 saturated heterocycles. The van der Waals surface area contributed by atoms with Crippen molar-refractivity contribution in [2.24, 2.45) is 0 Å². The Kier molecular flexibility index (Phi) is 8.73. The van der Waals surface area contributed by atoms with Crippen molar-refractivity contribution in [3.05, 3.63) is 84.5 Å². The van der Waals surface area contributed by atoms with E-state index in [4.69, 9.17) is 14.2 Å². The average Bonchev–Trinajstić information content (AvgIpc) is 3.69. The summed E-state index contributed by atoms with van der Waals surface area (Å²) in [5, 5.41) is 21.4. The zero-order chi connectivity index (χ0) is 33.1. The van der Waals surface area contributed by atoms with Crippen LogP contribution in [-0.4, -0.2) is 78.4 Å². The highest BCUT2D eigenvalue weighted by Crippen LogP contribution is 2.31. The van der Waals surface area contributed by atoms with Gasteiger partial charge in [-0.15, -0.1) is 0 Å². The lowest BCUT2D eigenvalue weighted by atomic mass is 10.1. The van der Waals surface area contributed by atoms with Crippen molar-refractivity contribution in [2.75, 3.05) is 31.6 Å². The van der Waals surface area contributed by atoms with Gasteiger partial charge in [0.05, 0.1) is 55.1 Å². The Labute approximate surface area is 270 Å². The number of carbonyl (C=O) groups is 1. The van der Waals surface area contributed by atoms with E-state index in [1.54, 1.807) is 34.1 Å². The minimum Gasteiger partial charge on any atom is -0.489 e. The number of carbonyl (C=O) groups excluding carboxylic acids is 1. The predicted molar refractivity (Wildman–Crippen MR) is 170 cm³/mol. The van der Waals surface area contributed by atoms with Crippen LogP contribution in [0.5, 0.6) is 5.75 Å². The molecule has 0 radical (unpaired) electrons. The SMILES string of the molecule is C[C@H](Nc1ccc(-c2cc(OC[C@H]3CN(C(=O)OC(C)(C)C)CCO3)cn3ncc(C#N)c23)cn1)c1ccc(-n2cc(F)cn2)nc1. The number of aromatic nitrogens is 6. The molecule has 1 aliphatic rings. The Bertz CT molecular complexity index is 1910. The molecule has 0 unspecified atom stereocenters. The topological polar surface area (TPSA) is 145 Å². The molecule has 242 valence electrons. The van der Waals surface area contributed by atoms with E-state index in [9.17, 15) is 14.4 Å². The van der Waals surface area contributed by atoms with E-state index < -0.39 is 11.4 Å². The normalized spacial score (nSPS) is 15.7. The van der Waals surface area contributed by atoms with E-state index in [2.05, 4.69) is 31.6 Å². The summed E-state index contributed by atoms with van der Waals surface area (Å²) in [5.74, 6) is 1.24. The molecule has 1 aliphatic heterocycles. The molecule has 0 aliphatic carbocycles. The summed E-state index contributed by atoms with van der Waals surface area (Å²) in [6.07, 6.45) is 8.32. The van der Waals surface area contributed by atoms with Gasteiger partial charge in [-0.1, -0.05) is 6.07 Å². The third kappa shape index (κ3) is 7.31. The number of pyridine rings is 3. The highest BCUT2D eigenvalue weighted by atomic mass is 19.1. The van der Waals surface area contributed by atoms with Crippen LogP contribution in [0, 0.1) is 17.1 Å². The summed E-state index contributed by atoms with van der Waals surface area (Å²) in [7, 11) is 0. The van der Waals surface area contributed by atoms with Gasteiger partial charge in [-0.2, -0.15) is 15.5 Å². The number of anilines is 1. The first-order chi connectivity index (χ1) is 22.6. The molecule has 0 aromatic carbocycles. The van der Waals surface area contributed by atoms with E-state index in [0.29, 0.717) is 48.2 Å². The van der Waals surface area contributed by atoms with Crippen LogP contribution in [-0.2, 0) is 9.47 Å². The van der Waals surface area contributed by atoms with Gasteiger partial charge in [0.2, 0.25) is 0 Å². The highest BCUT2D eigenvalue weighted by Gasteiger charge is 2.28. The Morgan fingerprint density at radius 1 is 1.15 bits per heavy atom. The molecular formula is C33H34FN9O4. The van der Waals surface area contributed by atoms with Crippen LogP contribution in [0.15, 0.2) is 67.5 Å². The van der Waals surface area contributed by atoms with Crippen LogP contribution in [0.25, 0.3) is 22.5 Å². The Hall–Kier alpha value is -5.55. The van der Waals surface area contributed by atoms with Gasteiger partial charge < -0.3 is 24.4 Å². The van der Waals surface area contributed by atoms with Crippen LogP contribution in [0.2, 0.25) is 0 Å². The molecule has 1 amide bonds. The van der Waals surface area contributed by atoms with E-state index >= 15 is 0 Å². The van der Waals surface area contributed by atoms with Crippen molar-refractivity contribution in [1.29, 1.82) is 5.26 Å². The standard InChI is InChI=1S/C33H34FN9O4/c1-21(22-6-8-30(37-13-22)42-17-25(34)16-39-42)40-29-7-5-23(14-36-29)28-11-26(19-43-31(28)24(12-35)15-38-43)46-20-27-18-41(9-10-45-27)32(44)47-33(2,3)4/h5-8,11,13-17,19,21,27H,9-10,18,20H2,1-4H3,(H,36,40)/t21-,27+/m0/s1. The lowest BCUT2D eigenvalue weighted by molar-refractivity contribution is -0.0557. The van der Waals surface area contributed by atoms with Gasteiger partial charge in [-0.3, -0.25) is 0 Å². The Morgan fingerprint density at radius 3 is 2.68 bits per heavy atom. The molecule has 6 rings (SSSR count). The maximum absolute atomic E-state index is 13.3. The van der Waals surface area contributed by atoms with Crippen molar-refractivity contribution in [2.45, 2.75) is 45.4 Å². The largest absolute Gasteiger partial charge is 0.489 e. The summed E-state index contributed by atoms with van der Waals surface area (Å²) in [5.41, 5.74) is 2.85. The van der Waals surface area contributed by atoms with Crippen molar-refractivity contribution in [1.82, 2.24) is 34.3 Å². The van der Waals surface area contributed by atoms with Crippen LogP contribution in [0.4, 0.5) is 15.0 Å². The van der Waals surface area contributed by atoms with Gasteiger partial charge in [-0.05, 0) is 57.5 Å². The summed E-state index contributed by atoms with van der Waals surface area (Å²) in [6, 6.07) is 11.4. The summed E-state index contributed by atoms with van der Waals surface area (Å²) in [6.45, 7) is 8.84. The molecule has 5 aromatic heterocycles. The molecule has 6 heterocycles. The Morgan fingerprint density at radius 2 is 2.00 bits per heavy atom. The van der Waals surface area contributed by atoms with E-state index in [-0.39, 0.29) is 24.8 Å². The number of ether oxygens (including phenoxy) is 3. The minimum atomic E-state index is -0.588. The fraction of sp³-hybridized carbons (Fsp3) is 0.333. The molecule has 2 atom stereocenters. The van der Waals surface area contributed by atoms with Gasteiger partial charge in [0.15, 0.2) is 11.6 Å². The minimum absolute atomic E-state index is 0.124. The van der Waals surface area contributed by atoms with Crippen LogP contribution < -0.4 is 10.1 Å². The lowest BCUT2D eigenvalue weighted by Gasteiger charge is -2.34. The van der Waals surface area contributed by atoms with E-state index in [1.165, 1.54) is 17.1 Å². The molecule has 47 heavy (non-hydrogen) atoms. The maximum atomic E-state index is 13.3. The number of amides is 1. The molecule has 13 nitrogen and oxygen atoms in total. The fourth-order valence-electron chi connectivity index (χ4n) is 5.14. The monoisotopic (exact) mass is 639 g/mol. The third-order valence-electron chi connectivity index (χ3n) is 7.43. The Balaban J connectivity index is 1.15. The zero-order valence-corrected chi connectivity index (χ0v) is 26.4. The van der Waals surface area contributed by atoms with Gasteiger partial charge in [0, 0.05) is 30.1 Å². The van der Waals surface area contributed by atoms with Crippen molar-refractivity contribution in [3.63, 3.8) is 0 Å². The molecule has 0 saturated carbocycles. The average molecular weight is 640 g/mol. The number of fused-ring (bicyclic) bond motifs is 1. The molecule has 1 fully saturated rings. The molecule has 0 spiro atoms. The molecule has 5 aromatic rings. The third-order valence-corrected chi connectivity index (χ3v) is 7.43. The zero-order valence-electron chi connectivity index (χ0n) is 26.4. The van der Waals surface area contributed by atoms with Gasteiger partial charge in [0.1, 0.15) is 35.9 Å². The van der Waals surface area contributed by atoms with E-state index in [0.717, 1.165) is 22.9 Å². The molecule has 14 heteroatoms.